The van der Waals surface area contributed by atoms with Gasteiger partial charge in [0.05, 0.1) is 7.11 Å². The van der Waals surface area contributed by atoms with E-state index in [0.717, 1.165) is 5.75 Å². The lowest BCUT2D eigenvalue weighted by molar-refractivity contribution is 0.153. The fourth-order valence-corrected chi connectivity index (χ4v) is 4.07. The van der Waals surface area contributed by atoms with Crippen LogP contribution in [0.25, 0.3) is 0 Å². The molecule has 3 rings (SSSR count). The molecule has 0 radical (unpaired) electrons. The van der Waals surface area contributed by atoms with E-state index >= 15 is 0 Å². The summed E-state index contributed by atoms with van der Waals surface area (Å²) in [6, 6.07) is 8.76. The maximum Gasteiger partial charge on any atom is 0.118 e. The van der Waals surface area contributed by atoms with Crippen molar-refractivity contribution in [2.45, 2.75) is 56.4 Å². The number of rotatable bonds is 2. The second-order valence-corrected chi connectivity index (χ2v) is 6.11. The summed E-state index contributed by atoms with van der Waals surface area (Å²) in [7, 11) is 1.74. The average Bonchev–Trinajstić information content (AvgIpc) is 2.49. The molecular formula is C17H26ClNO. The number of hydrogen-bond acceptors (Lipinski definition) is 2. The molecule has 1 aliphatic carbocycles. The van der Waals surface area contributed by atoms with E-state index in [-0.39, 0.29) is 12.4 Å². The van der Waals surface area contributed by atoms with Gasteiger partial charge in [-0.1, -0.05) is 31.4 Å². The van der Waals surface area contributed by atoms with E-state index in [4.69, 9.17) is 4.74 Å². The Morgan fingerprint density at radius 1 is 1.05 bits per heavy atom. The highest BCUT2D eigenvalue weighted by Gasteiger charge is 2.41. The summed E-state index contributed by atoms with van der Waals surface area (Å²) < 4.78 is 5.28. The number of piperidine rings is 1. The Morgan fingerprint density at radius 2 is 1.75 bits per heavy atom. The third-order valence-electron chi connectivity index (χ3n) is 5.08. The van der Waals surface area contributed by atoms with E-state index in [0.29, 0.717) is 11.5 Å². The molecule has 1 heterocycles. The van der Waals surface area contributed by atoms with Gasteiger partial charge in [0.15, 0.2) is 0 Å². The highest BCUT2D eigenvalue weighted by atomic mass is 35.5. The molecule has 1 aromatic rings. The van der Waals surface area contributed by atoms with Gasteiger partial charge in [-0.05, 0) is 49.9 Å². The van der Waals surface area contributed by atoms with Gasteiger partial charge in [-0.25, -0.2) is 0 Å². The first-order chi connectivity index (χ1) is 9.34. The van der Waals surface area contributed by atoms with Crippen molar-refractivity contribution < 1.29 is 4.74 Å². The van der Waals surface area contributed by atoms with Crippen LogP contribution < -0.4 is 10.1 Å². The number of halogens is 1. The van der Waals surface area contributed by atoms with Crippen molar-refractivity contribution in [3.05, 3.63) is 29.8 Å². The minimum Gasteiger partial charge on any atom is -0.497 e. The Labute approximate surface area is 128 Å². The topological polar surface area (TPSA) is 21.3 Å². The van der Waals surface area contributed by atoms with Crippen LogP contribution in [-0.2, 0) is 0 Å². The van der Waals surface area contributed by atoms with Gasteiger partial charge in [-0.15, -0.1) is 12.4 Å². The van der Waals surface area contributed by atoms with Crippen LogP contribution in [0.4, 0.5) is 0 Å². The Balaban J connectivity index is 0.00000147. The van der Waals surface area contributed by atoms with Crippen molar-refractivity contribution in [3.8, 4) is 5.75 Å². The predicted molar refractivity (Wildman–Crippen MR) is 86.0 cm³/mol. The van der Waals surface area contributed by atoms with Crippen molar-refractivity contribution >= 4 is 12.4 Å². The van der Waals surface area contributed by atoms with Gasteiger partial charge < -0.3 is 10.1 Å². The van der Waals surface area contributed by atoms with E-state index in [1.807, 2.05) is 0 Å². The first-order valence-corrected chi connectivity index (χ1v) is 7.73. The first-order valence-electron chi connectivity index (χ1n) is 7.73. The van der Waals surface area contributed by atoms with Crippen molar-refractivity contribution in [2.24, 2.45) is 0 Å². The van der Waals surface area contributed by atoms with E-state index in [1.54, 1.807) is 7.11 Å². The molecule has 0 aromatic heterocycles. The number of methoxy groups -OCH3 is 1. The minimum absolute atomic E-state index is 0. The number of hydrogen-bond donors (Lipinski definition) is 1. The first kappa shape index (κ1) is 15.7. The quantitative estimate of drug-likeness (QED) is 0.879. The summed E-state index contributed by atoms with van der Waals surface area (Å²) >= 11 is 0. The summed E-state index contributed by atoms with van der Waals surface area (Å²) in [4.78, 5) is 0. The van der Waals surface area contributed by atoms with Gasteiger partial charge in [0.25, 0.3) is 0 Å². The Kier molecular flexibility index (Phi) is 5.34. The van der Waals surface area contributed by atoms with Gasteiger partial charge in [0.1, 0.15) is 5.75 Å². The van der Waals surface area contributed by atoms with Crippen LogP contribution in [0.5, 0.6) is 5.75 Å². The van der Waals surface area contributed by atoms with Gasteiger partial charge >= 0.3 is 0 Å². The molecule has 1 saturated heterocycles. The van der Waals surface area contributed by atoms with Crippen molar-refractivity contribution in [1.82, 2.24) is 5.32 Å². The largest absolute Gasteiger partial charge is 0.497 e. The lowest BCUT2D eigenvalue weighted by atomic mass is 9.67. The molecule has 20 heavy (non-hydrogen) atoms. The predicted octanol–water partition coefficient (Wildman–Crippen LogP) is 4.29. The highest BCUT2D eigenvalue weighted by Crippen LogP contribution is 2.44. The normalized spacial score (nSPS) is 24.9. The fraction of sp³-hybridized carbons (Fsp3) is 0.647. The molecular weight excluding hydrogens is 270 g/mol. The number of ether oxygens (including phenoxy) is 1. The molecule has 1 atom stereocenters. The zero-order valence-electron chi connectivity index (χ0n) is 12.4. The van der Waals surface area contributed by atoms with Crippen molar-refractivity contribution in [1.29, 1.82) is 0 Å². The van der Waals surface area contributed by atoms with E-state index in [2.05, 4.69) is 29.6 Å². The lowest BCUT2D eigenvalue weighted by Crippen LogP contribution is -2.54. The zero-order chi connectivity index (χ0) is 13.1. The maximum atomic E-state index is 5.28. The van der Waals surface area contributed by atoms with E-state index in [9.17, 15) is 0 Å². The van der Waals surface area contributed by atoms with Crippen LogP contribution in [-0.4, -0.2) is 19.2 Å². The SMILES string of the molecule is COc1ccc(C2CCCNC23CCCCC3)cc1.Cl. The second kappa shape index (κ2) is 6.82. The third-order valence-corrected chi connectivity index (χ3v) is 5.08. The molecule has 2 nitrogen and oxygen atoms in total. The monoisotopic (exact) mass is 295 g/mol. The van der Waals surface area contributed by atoms with Crippen molar-refractivity contribution in [3.63, 3.8) is 0 Å². The zero-order valence-corrected chi connectivity index (χ0v) is 13.2. The number of benzene rings is 1. The summed E-state index contributed by atoms with van der Waals surface area (Å²) in [5, 5.41) is 3.88. The average molecular weight is 296 g/mol. The smallest absolute Gasteiger partial charge is 0.118 e. The maximum absolute atomic E-state index is 5.28. The van der Waals surface area contributed by atoms with Crippen molar-refractivity contribution in [2.75, 3.05) is 13.7 Å². The molecule has 1 aromatic carbocycles. The van der Waals surface area contributed by atoms with Crippen LogP contribution in [0.15, 0.2) is 24.3 Å². The molecule has 2 aliphatic rings. The van der Waals surface area contributed by atoms with E-state index in [1.165, 1.54) is 57.1 Å². The summed E-state index contributed by atoms with van der Waals surface area (Å²) in [6.07, 6.45) is 9.53. The molecule has 1 spiro atoms. The summed E-state index contributed by atoms with van der Waals surface area (Å²) in [5.41, 5.74) is 1.88. The summed E-state index contributed by atoms with van der Waals surface area (Å²) in [6.45, 7) is 1.20. The Morgan fingerprint density at radius 3 is 2.40 bits per heavy atom. The van der Waals surface area contributed by atoms with E-state index < -0.39 is 0 Å². The Hall–Kier alpha value is -0.730. The van der Waals surface area contributed by atoms with Crippen LogP contribution in [0, 0.1) is 0 Å². The lowest BCUT2D eigenvalue weighted by Gasteiger charge is -2.48. The fourth-order valence-electron chi connectivity index (χ4n) is 4.07. The van der Waals surface area contributed by atoms with Gasteiger partial charge in [-0.3, -0.25) is 0 Å². The third kappa shape index (κ3) is 2.96. The molecule has 1 N–H and O–H groups in total. The molecule has 1 saturated carbocycles. The van der Waals surface area contributed by atoms with Crippen LogP contribution >= 0.6 is 12.4 Å². The van der Waals surface area contributed by atoms with Crippen LogP contribution in [0.2, 0.25) is 0 Å². The van der Waals surface area contributed by atoms with Gasteiger partial charge in [-0.2, -0.15) is 0 Å². The van der Waals surface area contributed by atoms with Crippen LogP contribution in [0.3, 0.4) is 0 Å². The molecule has 2 fully saturated rings. The van der Waals surface area contributed by atoms with Gasteiger partial charge in [0.2, 0.25) is 0 Å². The molecule has 1 unspecified atom stereocenters. The summed E-state index contributed by atoms with van der Waals surface area (Å²) in [5.74, 6) is 1.65. The molecule has 1 aliphatic heterocycles. The molecule has 0 bridgehead atoms. The highest BCUT2D eigenvalue weighted by molar-refractivity contribution is 5.85. The minimum atomic E-state index is 0. The molecule has 112 valence electrons. The van der Waals surface area contributed by atoms with Crippen LogP contribution in [0.1, 0.15) is 56.4 Å². The molecule has 3 heteroatoms. The molecule has 0 amide bonds. The second-order valence-electron chi connectivity index (χ2n) is 6.11. The Bertz CT molecular complexity index is 403. The number of nitrogens with one attached hydrogen (secondary N) is 1. The van der Waals surface area contributed by atoms with Gasteiger partial charge in [0, 0.05) is 11.5 Å². The standard InChI is InChI=1S/C17H25NO.ClH/c1-19-15-9-7-14(8-10-15)16-6-5-13-18-17(16)11-3-2-4-12-17;/h7-10,16,18H,2-6,11-13H2,1H3;1H.